The zero-order valence-corrected chi connectivity index (χ0v) is 8.88. The van der Waals surface area contributed by atoms with Crippen LogP contribution in [0, 0.1) is 0 Å². The van der Waals surface area contributed by atoms with Gasteiger partial charge in [0.05, 0.1) is 5.56 Å². The van der Waals surface area contributed by atoms with E-state index in [0.29, 0.717) is 0 Å². The molecule has 2 aromatic rings. The summed E-state index contributed by atoms with van der Waals surface area (Å²) in [5.41, 5.74) is 4.38. The van der Waals surface area contributed by atoms with Gasteiger partial charge in [0, 0.05) is 10.6 Å². The number of nitrogen functional groups attached to an aromatic ring is 1. The number of anilines is 1. The minimum Gasteiger partial charge on any atom is -0.365 e. The number of hydrogen-bond donors (Lipinski definition) is 1. The smallest absolute Gasteiger partial charge is 0.365 e. The Kier molecular flexibility index (Phi) is 2.70. The van der Waals surface area contributed by atoms with Gasteiger partial charge in [0.15, 0.2) is 0 Å². The van der Waals surface area contributed by atoms with Crippen molar-refractivity contribution in [2.45, 2.75) is 6.18 Å². The maximum absolute atomic E-state index is 12.5. The summed E-state index contributed by atoms with van der Waals surface area (Å²) in [7, 11) is 0. The van der Waals surface area contributed by atoms with Crippen molar-refractivity contribution in [3.8, 4) is 11.5 Å². The van der Waals surface area contributed by atoms with E-state index in [4.69, 9.17) is 17.3 Å². The van der Waals surface area contributed by atoms with Crippen LogP contribution in [0.3, 0.4) is 0 Å². The predicted molar refractivity (Wildman–Crippen MR) is 54.2 cm³/mol. The molecular formula is C9H5ClF3N3O. The maximum atomic E-state index is 12.5. The summed E-state index contributed by atoms with van der Waals surface area (Å²) >= 11 is 5.59. The highest BCUT2D eigenvalue weighted by Gasteiger charge is 2.31. The standard InChI is InChI=1S/C9H5ClF3N3O/c10-6-2-4(7-15-8(14)16-17-7)1-5(3-6)9(11,12)13/h1-3H,(H2,14,16). The van der Waals surface area contributed by atoms with Gasteiger partial charge in [-0.1, -0.05) is 11.6 Å². The lowest BCUT2D eigenvalue weighted by molar-refractivity contribution is -0.137. The molecule has 0 bridgehead atoms. The number of aromatic nitrogens is 2. The second-order valence-corrected chi connectivity index (χ2v) is 3.62. The highest BCUT2D eigenvalue weighted by atomic mass is 35.5. The molecule has 0 atom stereocenters. The summed E-state index contributed by atoms with van der Waals surface area (Å²) in [6.45, 7) is 0. The van der Waals surface area contributed by atoms with Gasteiger partial charge < -0.3 is 10.3 Å². The maximum Gasteiger partial charge on any atom is 0.416 e. The number of rotatable bonds is 1. The molecule has 1 heterocycles. The number of halogens is 4. The van der Waals surface area contributed by atoms with Crippen LogP contribution < -0.4 is 5.73 Å². The molecule has 0 aliphatic carbocycles. The minimum absolute atomic E-state index is 0.0639. The van der Waals surface area contributed by atoms with Crippen molar-refractivity contribution in [2.24, 2.45) is 0 Å². The van der Waals surface area contributed by atoms with Crippen molar-refractivity contribution in [2.75, 3.05) is 5.73 Å². The van der Waals surface area contributed by atoms with E-state index < -0.39 is 11.7 Å². The van der Waals surface area contributed by atoms with E-state index in [9.17, 15) is 13.2 Å². The number of alkyl halides is 3. The molecule has 2 rings (SSSR count). The van der Waals surface area contributed by atoms with Crippen molar-refractivity contribution < 1.29 is 17.7 Å². The first-order valence-electron chi connectivity index (χ1n) is 4.33. The van der Waals surface area contributed by atoms with Crippen molar-refractivity contribution >= 4 is 17.5 Å². The third-order valence-electron chi connectivity index (χ3n) is 1.91. The van der Waals surface area contributed by atoms with Gasteiger partial charge in [-0.15, -0.1) is 0 Å². The van der Waals surface area contributed by atoms with Crippen LogP contribution in [0.5, 0.6) is 0 Å². The lowest BCUT2D eigenvalue weighted by atomic mass is 10.1. The summed E-state index contributed by atoms with van der Waals surface area (Å²) in [6.07, 6.45) is -4.49. The van der Waals surface area contributed by atoms with Gasteiger partial charge in [0.2, 0.25) is 0 Å². The molecule has 17 heavy (non-hydrogen) atoms. The molecule has 2 N–H and O–H groups in total. The van der Waals surface area contributed by atoms with E-state index in [1.807, 2.05) is 0 Å². The molecule has 0 unspecified atom stereocenters. The molecule has 0 saturated heterocycles. The molecule has 90 valence electrons. The van der Waals surface area contributed by atoms with Crippen LogP contribution >= 0.6 is 11.6 Å². The third-order valence-corrected chi connectivity index (χ3v) is 2.13. The molecule has 0 amide bonds. The normalized spacial score (nSPS) is 11.8. The second-order valence-electron chi connectivity index (χ2n) is 3.18. The van der Waals surface area contributed by atoms with Gasteiger partial charge in [0.25, 0.3) is 11.8 Å². The van der Waals surface area contributed by atoms with E-state index in [0.717, 1.165) is 12.1 Å². The summed E-state index contributed by atoms with van der Waals surface area (Å²) in [6, 6.07) is 2.95. The third kappa shape index (κ3) is 2.50. The highest BCUT2D eigenvalue weighted by Crippen LogP contribution is 2.34. The topological polar surface area (TPSA) is 64.9 Å². The van der Waals surface area contributed by atoms with Crippen molar-refractivity contribution in [3.63, 3.8) is 0 Å². The number of benzene rings is 1. The van der Waals surface area contributed by atoms with Gasteiger partial charge in [-0.25, -0.2) is 0 Å². The monoisotopic (exact) mass is 263 g/mol. The van der Waals surface area contributed by atoms with Crippen LogP contribution in [0.4, 0.5) is 19.1 Å². The van der Waals surface area contributed by atoms with E-state index >= 15 is 0 Å². The Hall–Kier alpha value is -1.76. The molecule has 8 heteroatoms. The molecule has 4 nitrogen and oxygen atoms in total. The molecule has 1 aromatic carbocycles. The van der Waals surface area contributed by atoms with Crippen LogP contribution in [0.25, 0.3) is 11.5 Å². The van der Waals surface area contributed by atoms with Crippen LogP contribution in [0.1, 0.15) is 5.56 Å². The second kappa shape index (κ2) is 3.92. The predicted octanol–water partition coefficient (Wildman–Crippen LogP) is 2.99. The summed E-state index contributed by atoms with van der Waals surface area (Å²) in [5, 5.41) is 3.20. The molecule has 0 saturated carbocycles. The van der Waals surface area contributed by atoms with E-state index in [-0.39, 0.29) is 22.4 Å². The first-order chi connectivity index (χ1) is 7.86. The SMILES string of the molecule is Nc1noc(-c2cc(Cl)cc(C(F)(F)F)c2)n1. The van der Waals surface area contributed by atoms with Crippen LogP contribution in [0.15, 0.2) is 22.7 Å². The van der Waals surface area contributed by atoms with Crippen LogP contribution in [-0.2, 0) is 6.18 Å². The van der Waals surface area contributed by atoms with Crippen molar-refractivity contribution in [1.82, 2.24) is 10.1 Å². The molecular weight excluding hydrogens is 259 g/mol. The van der Waals surface area contributed by atoms with Crippen LogP contribution in [-0.4, -0.2) is 10.1 Å². The van der Waals surface area contributed by atoms with Crippen molar-refractivity contribution in [3.05, 3.63) is 28.8 Å². The quantitative estimate of drug-likeness (QED) is 0.859. The molecule has 0 aliphatic heterocycles. The average Bonchev–Trinajstić information content (AvgIpc) is 2.62. The Morgan fingerprint density at radius 3 is 2.47 bits per heavy atom. The Morgan fingerprint density at radius 1 is 1.24 bits per heavy atom. The first-order valence-corrected chi connectivity index (χ1v) is 4.71. The minimum atomic E-state index is -4.49. The van der Waals surface area contributed by atoms with E-state index in [2.05, 4.69) is 14.7 Å². The zero-order chi connectivity index (χ0) is 12.6. The van der Waals surface area contributed by atoms with E-state index in [1.54, 1.807) is 0 Å². The highest BCUT2D eigenvalue weighted by molar-refractivity contribution is 6.30. The van der Waals surface area contributed by atoms with Gasteiger partial charge in [-0.3, -0.25) is 0 Å². The zero-order valence-electron chi connectivity index (χ0n) is 8.12. The van der Waals surface area contributed by atoms with Gasteiger partial charge in [-0.05, 0) is 23.4 Å². The molecule has 1 aromatic heterocycles. The Bertz CT molecular complexity index is 553. The lowest BCUT2D eigenvalue weighted by Crippen LogP contribution is -2.04. The Balaban J connectivity index is 2.52. The largest absolute Gasteiger partial charge is 0.416 e. The fourth-order valence-corrected chi connectivity index (χ4v) is 1.46. The number of nitrogens with zero attached hydrogens (tertiary/aromatic N) is 2. The van der Waals surface area contributed by atoms with E-state index in [1.165, 1.54) is 6.07 Å². The molecule has 0 spiro atoms. The lowest BCUT2D eigenvalue weighted by Gasteiger charge is -2.07. The summed E-state index contributed by atoms with van der Waals surface area (Å²) < 4.78 is 42.2. The Labute approximate surface area is 98.2 Å². The molecule has 0 radical (unpaired) electrons. The molecule has 0 aliphatic rings. The van der Waals surface area contributed by atoms with Crippen molar-refractivity contribution in [1.29, 1.82) is 0 Å². The Morgan fingerprint density at radius 2 is 1.94 bits per heavy atom. The number of nitrogens with two attached hydrogens (primary N) is 1. The fourth-order valence-electron chi connectivity index (χ4n) is 1.23. The number of hydrogen-bond acceptors (Lipinski definition) is 4. The fraction of sp³-hybridized carbons (Fsp3) is 0.111. The average molecular weight is 264 g/mol. The van der Waals surface area contributed by atoms with Gasteiger partial charge in [-0.2, -0.15) is 18.2 Å². The summed E-state index contributed by atoms with van der Waals surface area (Å²) in [4.78, 5) is 3.62. The first kappa shape index (κ1) is 11.7. The molecule has 0 fully saturated rings. The van der Waals surface area contributed by atoms with Crippen LogP contribution in [0.2, 0.25) is 5.02 Å². The van der Waals surface area contributed by atoms with Gasteiger partial charge >= 0.3 is 6.18 Å². The summed E-state index contributed by atoms with van der Waals surface area (Å²) in [5.74, 6) is -0.274. The van der Waals surface area contributed by atoms with Gasteiger partial charge in [0.1, 0.15) is 0 Å².